The minimum Gasteiger partial charge on any atom is -0.396 e. The number of fused-ring (bicyclic) bond motifs is 2. The third-order valence-electron chi connectivity index (χ3n) is 5.25. The zero-order valence-electron chi connectivity index (χ0n) is 13.0. The van der Waals surface area contributed by atoms with Gasteiger partial charge >= 0.3 is 0 Å². The number of aliphatic hydroxyl groups excluding tert-OH is 1. The number of rotatable bonds is 5. The second kappa shape index (κ2) is 6.16. The molecule has 3 atom stereocenters. The minimum atomic E-state index is -0.310. The van der Waals surface area contributed by atoms with Crippen LogP contribution in [0.1, 0.15) is 36.0 Å². The van der Waals surface area contributed by atoms with Gasteiger partial charge in [-0.3, -0.25) is 9.59 Å². The van der Waals surface area contributed by atoms with E-state index in [-0.39, 0.29) is 29.9 Å². The van der Waals surface area contributed by atoms with Crippen LogP contribution in [0.4, 0.5) is 5.69 Å². The van der Waals surface area contributed by atoms with Gasteiger partial charge in [0, 0.05) is 22.7 Å². The van der Waals surface area contributed by atoms with E-state index < -0.39 is 0 Å². The van der Waals surface area contributed by atoms with Gasteiger partial charge in [0.05, 0.1) is 6.61 Å². The molecule has 0 aliphatic heterocycles. The quantitative estimate of drug-likeness (QED) is 0.728. The van der Waals surface area contributed by atoms with Crippen molar-refractivity contribution in [1.29, 1.82) is 0 Å². The maximum Gasteiger partial charge on any atom is 0.251 e. The average molecular weight is 314 g/mol. The molecule has 2 fully saturated rings. The number of hydrogen-bond acceptors (Lipinski definition) is 3. The Morgan fingerprint density at radius 2 is 2.26 bits per heavy atom. The van der Waals surface area contributed by atoms with Gasteiger partial charge in [0.2, 0.25) is 5.91 Å². The van der Waals surface area contributed by atoms with Crippen LogP contribution in [-0.4, -0.2) is 29.6 Å². The van der Waals surface area contributed by atoms with Gasteiger partial charge in [-0.1, -0.05) is 12.6 Å². The van der Waals surface area contributed by atoms with Crippen LogP contribution in [0.3, 0.4) is 0 Å². The second-order valence-corrected chi connectivity index (χ2v) is 6.67. The molecule has 1 aromatic rings. The molecule has 2 amide bonds. The molecule has 0 spiro atoms. The van der Waals surface area contributed by atoms with Crippen molar-refractivity contribution < 1.29 is 14.7 Å². The maximum atomic E-state index is 12.5. The first-order valence-corrected chi connectivity index (χ1v) is 8.01. The summed E-state index contributed by atoms with van der Waals surface area (Å²) in [5.41, 5.74) is 0.921. The van der Waals surface area contributed by atoms with Crippen molar-refractivity contribution in [3.05, 3.63) is 42.5 Å². The van der Waals surface area contributed by atoms with E-state index in [1.54, 1.807) is 24.3 Å². The molecule has 0 heterocycles. The topological polar surface area (TPSA) is 78.4 Å². The van der Waals surface area contributed by atoms with Gasteiger partial charge in [-0.05, 0) is 55.9 Å². The molecule has 122 valence electrons. The van der Waals surface area contributed by atoms with E-state index in [1.165, 1.54) is 6.08 Å². The molecule has 0 radical (unpaired) electrons. The number of benzene rings is 1. The van der Waals surface area contributed by atoms with Crippen LogP contribution in [0.15, 0.2) is 36.9 Å². The number of amides is 2. The normalized spacial score (nSPS) is 28.4. The van der Waals surface area contributed by atoms with E-state index in [1.807, 2.05) is 0 Å². The summed E-state index contributed by atoms with van der Waals surface area (Å²) in [6.45, 7) is 3.54. The average Bonchev–Trinajstić information content (AvgIpc) is 3.13. The van der Waals surface area contributed by atoms with Crippen LogP contribution < -0.4 is 10.6 Å². The van der Waals surface area contributed by atoms with Crippen LogP contribution in [-0.2, 0) is 4.79 Å². The number of anilines is 1. The molecule has 1 aromatic carbocycles. The largest absolute Gasteiger partial charge is 0.396 e. The molecular formula is C18H22N2O3. The van der Waals surface area contributed by atoms with Gasteiger partial charge in [-0.2, -0.15) is 0 Å². The molecular weight excluding hydrogens is 292 g/mol. The van der Waals surface area contributed by atoms with Crippen LogP contribution in [0.5, 0.6) is 0 Å². The molecule has 23 heavy (non-hydrogen) atoms. The SMILES string of the molecule is C=CC(=O)Nc1cccc(C(=O)N[C@H]2C[C@H]3CC[C@]2(CO)C3)c1. The maximum absolute atomic E-state index is 12.5. The second-order valence-electron chi connectivity index (χ2n) is 6.67. The van der Waals surface area contributed by atoms with Crippen molar-refractivity contribution >= 4 is 17.5 Å². The summed E-state index contributed by atoms with van der Waals surface area (Å²) in [4.78, 5) is 23.9. The van der Waals surface area contributed by atoms with Crippen LogP contribution in [0, 0.1) is 11.3 Å². The molecule has 0 aromatic heterocycles. The smallest absolute Gasteiger partial charge is 0.251 e. The Morgan fingerprint density at radius 1 is 1.43 bits per heavy atom. The van der Waals surface area contributed by atoms with Gasteiger partial charge in [0.25, 0.3) is 5.91 Å². The molecule has 5 nitrogen and oxygen atoms in total. The van der Waals surface area contributed by atoms with Gasteiger partial charge < -0.3 is 15.7 Å². The molecule has 0 saturated heterocycles. The summed E-state index contributed by atoms with van der Waals surface area (Å²) < 4.78 is 0. The minimum absolute atomic E-state index is 0.0326. The summed E-state index contributed by atoms with van der Waals surface area (Å²) in [7, 11) is 0. The van der Waals surface area contributed by atoms with E-state index in [9.17, 15) is 14.7 Å². The van der Waals surface area contributed by atoms with Crippen molar-refractivity contribution in [1.82, 2.24) is 5.32 Å². The Hall–Kier alpha value is -2.14. The molecule has 2 saturated carbocycles. The third-order valence-corrected chi connectivity index (χ3v) is 5.25. The number of hydrogen-bond donors (Lipinski definition) is 3. The van der Waals surface area contributed by atoms with Crippen molar-refractivity contribution in [3.63, 3.8) is 0 Å². The zero-order chi connectivity index (χ0) is 16.4. The first-order valence-electron chi connectivity index (χ1n) is 8.01. The van der Waals surface area contributed by atoms with Crippen LogP contribution in [0.2, 0.25) is 0 Å². The highest BCUT2D eigenvalue weighted by Crippen LogP contribution is 2.53. The predicted molar refractivity (Wildman–Crippen MR) is 88.0 cm³/mol. The summed E-state index contributed by atoms with van der Waals surface area (Å²) >= 11 is 0. The molecule has 3 N–H and O–H groups in total. The Kier molecular flexibility index (Phi) is 4.22. The lowest BCUT2D eigenvalue weighted by Crippen LogP contribution is -2.46. The fourth-order valence-electron chi connectivity index (χ4n) is 4.01. The van der Waals surface area contributed by atoms with E-state index in [0.717, 1.165) is 25.7 Å². The van der Waals surface area contributed by atoms with Crippen molar-refractivity contribution in [2.24, 2.45) is 11.3 Å². The van der Waals surface area contributed by atoms with Crippen molar-refractivity contribution in [2.45, 2.75) is 31.7 Å². The van der Waals surface area contributed by atoms with Crippen LogP contribution in [0.25, 0.3) is 0 Å². The zero-order valence-corrected chi connectivity index (χ0v) is 13.0. The first kappa shape index (κ1) is 15.7. The molecule has 5 heteroatoms. The summed E-state index contributed by atoms with van der Waals surface area (Å²) in [5.74, 6) is 0.144. The first-order chi connectivity index (χ1) is 11.1. The Balaban J connectivity index is 1.70. The van der Waals surface area contributed by atoms with Crippen molar-refractivity contribution in [2.75, 3.05) is 11.9 Å². The van der Waals surface area contributed by atoms with Gasteiger partial charge in [-0.25, -0.2) is 0 Å². The van der Waals surface area contributed by atoms with Gasteiger partial charge in [0.1, 0.15) is 0 Å². The lowest BCUT2D eigenvalue weighted by atomic mass is 9.80. The molecule has 3 rings (SSSR count). The standard InChI is InChI=1S/C18H22N2O3/c1-2-16(22)19-14-5-3-4-13(9-14)17(23)20-15-8-12-6-7-18(15,10-12)11-21/h2-5,9,12,15,21H,1,6-8,10-11H2,(H,19,22)(H,20,23)/t12-,15+,18-/m1/s1. The van der Waals surface area contributed by atoms with Crippen LogP contribution >= 0.6 is 0 Å². The number of carbonyl (C=O) groups excluding carboxylic acids is 2. The number of carbonyl (C=O) groups is 2. The predicted octanol–water partition coefficient (Wildman–Crippen LogP) is 2.09. The lowest BCUT2D eigenvalue weighted by Gasteiger charge is -2.34. The van der Waals surface area contributed by atoms with E-state index >= 15 is 0 Å². The van der Waals surface area contributed by atoms with Gasteiger partial charge in [0.15, 0.2) is 0 Å². The third kappa shape index (κ3) is 3.01. The van der Waals surface area contributed by atoms with E-state index in [0.29, 0.717) is 17.2 Å². The molecule has 2 bridgehead atoms. The molecule has 2 aliphatic carbocycles. The van der Waals surface area contributed by atoms with Crippen molar-refractivity contribution in [3.8, 4) is 0 Å². The van der Waals surface area contributed by atoms with Gasteiger partial charge in [-0.15, -0.1) is 0 Å². The monoisotopic (exact) mass is 314 g/mol. The summed E-state index contributed by atoms with van der Waals surface area (Å²) in [6.07, 6.45) is 5.26. The molecule has 2 aliphatic rings. The Labute approximate surface area is 135 Å². The fourth-order valence-corrected chi connectivity index (χ4v) is 4.01. The highest BCUT2D eigenvalue weighted by atomic mass is 16.3. The Morgan fingerprint density at radius 3 is 2.96 bits per heavy atom. The highest BCUT2D eigenvalue weighted by molar-refractivity contribution is 6.00. The lowest BCUT2D eigenvalue weighted by molar-refractivity contribution is -0.111. The number of nitrogens with one attached hydrogen (secondary N) is 2. The molecule has 0 unspecified atom stereocenters. The fraction of sp³-hybridized carbons (Fsp3) is 0.444. The van der Waals surface area contributed by atoms with E-state index in [2.05, 4.69) is 17.2 Å². The summed E-state index contributed by atoms with van der Waals surface area (Å²) in [6, 6.07) is 6.86. The summed E-state index contributed by atoms with van der Waals surface area (Å²) in [5, 5.41) is 15.5. The Bertz CT molecular complexity index is 643. The van der Waals surface area contributed by atoms with E-state index in [4.69, 9.17) is 0 Å². The number of aliphatic hydroxyl groups is 1. The highest BCUT2D eigenvalue weighted by Gasteiger charge is 2.52.